The summed E-state index contributed by atoms with van der Waals surface area (Å²) in [5, 5.41) is 0. The first-order chi connectivity index (χ1) is 8.56. The number of carbonyl (C=O) groups is 1. The van der Waals surface area contributed by atoms with E-state index in [-0.39, 0.29) is 18.0 Å². The normalized spacial score (nSPS) is 10.4. The maximum Gasteiger partial charge on any atom is 0.167 e. The molecule has 0 N–H and O–H groups in total. The average Bonchev–Trinajstić information content (AvgIpc) is 2.34. The van der Waals surface area contributed by atoms with Crippen LogP contribution in [0, 0.1) is 19.7 Å². The van der Waals surface area contributed by atoms with Crippen LogP contribution in [-0.4, -0.2) is 10.8 Å². The van der Waals surface area contributed by atoms with Crippen LogP contribution >= 0.6 is 0 Å². The lowest BCUT2D eigenvalue weighted by molar-refractivity contribution is 0.0992. The Hall–Kier alpha value is -2.03. The molecule has 0 amide bonds. The Morgan fingerprint density at radius 3 is 2.72 bits per heavy atom. The van der Waals surface area contributed by atoms with Crippen molar-refractivity contribution in [2.75, 3.05) is 0 Å². The predicted molar refractivity (Wildman–Crippen MR) is 68.1 cm³/mol. The van der Waals surface area contributed by atoms with Crippen LogP contribution < -0.4 is 0 Å². The maximum atomic E-state index is 13.1. The highest BCUT2D eigenvalue weighted by atomic mass is 19.1. The molecule has 0 aliphatic rings. The quantitative estimate of drug-likeness (QED) is 0.774. The molecule has 2 aromatic rings. The molecule has 2 rings (SSSR count). The summed E-state index contributed by atoms with van der Waals surface area (Å²) in [6.45, 7) is 3.71. The SMILES string of the molecule is Cc1cc(C(=O)Cc2cc(F)ccc2C)ccn1. The Kier molecular flexibility index (Phi) is 3.51. The fourth-order valence-corrected chi connectivity index (χ4v) is 1.82. The summed E-state index contributed by atoms with van der Waals surface area (Å²) >= 11 is 0. The summed E-state index contributed by atoms with van der Waals surface area (Å²) in [6.07, 6.45) is 1.83. The number of aromatic nitrogens is 1. The summed E-state index contributed by atoms with van der Waals surface area (Å²) in [5.74, 6) is -0.330. The Balaban J connectivity index is 2.24. The van der Waals surface area contributed by atoms with E-state index in [0.717, 1.165) is 16.8 Å². The van der Waals surface area contributed by atoms with E-state index in [4.69, 9.17) is 0 Å². The molecule has 0 bridgehead atoms. The molecule has 1 heterocycles. The van der Waals surface area contributed by atoms with Crippen LogP contribution in [0.1, 0.15) is 27.2 Å². The molecule has 2 nitrogen and oxygen atoms in total. The molecule has 0 radical (unpaired) electrons. The molecule has 1 aromatic heterocycles. The van der Waals surface area contributed by atoms with Crippen molar-refractivity contribution >= 4 is 5.78 Å². The molecule has 3 heteroatoms. The van der Waals surface area contributed by atoms with Gasteiger partial charge in [0.05, 0.1) is 0 Å². The number of pyridine rings is 1. The van der Waals surface area contributed by atoms with Crippen LogP contribution in [0.4, 0.5) is 4.39 Å². The average molecular weight is 243 g/mol. The molecule has 18 heavy (non-hydrogen) atoms. The van der Waals surface area contributed by atoms with Gasteiger partial charge in [-0.1, -0.05) is 6.07 Å². The number of halogens is 1. The zero-order chi connectivity index (χ0) is 13.1. The highest BCUT2D eigenvalue weighted by Crippen LogP contribution is 2.14. The molecule has 0 saturated carbocycles. The van der Waals surface area contributed by atoms with E-state index in [0.29, 0.717) is 5.56 Å². The van der Waals surface area contributed by atoms with E-state index in [9.17, 15) is 9.18 Å². The van der Waals surface area contributed by atoms with Gasteiger partial charge in [-0.25, -0.2) is 4.39 Å². The number of hydrogen-bond donors (Lipinski definition) is 0. The molecule has 0 aliphatic heterocycles. The summed E-state index contributed by atoms with van der Waals surface area (Å²) < 4.78 is 13.1. The summed E-state index contributed by atoms with van der Waals surface area (Å²) in [5.41, 5.74) is 3.08. The largest absolute Gasteiger partial charge is 0.294 e. The Bertz CT molecular complexity index is 593. The third-order valence-corrected chi connectivity index (χ3v) is 2.88. The molecule has 0 fully saturated rings. The first kappa shape index (κ1) is 12.4. The van der Waals surface area contributed by atoms with Gasteiger partial charge >= 0.3 is 0 Å². The number of ketones is 1. The fraction of sp³-hybridized carbons (Fsp3) is 0.200. The highest BCUT2D eigenvalue weighted by molar-refractivity contribution is 5.97. The third kappa shape index (κ3) is 2.80. The van der Waals surface area contributed by atoms with Gasteiger partial charge in [-0.2, -0.15) is 0 Å². The second-order valence-corrected chi connectivity index (χ2v) is 4.36. The number of Topliss-reactive ketones (excluding diaryl/α,β-unsaturated/α-hetero) is 1. The van der Waals surface area contributed by atoms with Crippen LogP contribution in [0.25, 0.3) is 0 Å². The minimum atomic E-state index is -0.311. The van der Waals surface area contributed by atoms with Crippen molar-refractivity contribution in [1.82, 2.24) is 4.98 Å². The van der Waals surface area contributed by atoms with Gasteiger partial charge in [0, 0.05) is 23.9 Å². The topological polar surface area (TPSA) is 30.0 Å². The van der Waals surface area contributed by atoms with E-state index >= 15 is 0 Å². The van der Waals surface area contributed by atoms with Gasteiger partial charge in [0.2, 0.25) is 0 Å². The van der Waals surface area contributed by atoms with E-state index < -0.39 is 0 Å². The standard InChI is InChI=1S/C15H14FNO/c1-10-3-4-14(16)8-13(10)9-15(18)12-5-6-17-11(2)7-12/h3-8H,9H2,1-2H3. The maximum absolute atomic E-state index is 13.1. The number of carbonyl (C=O) groups excluding carboxylic acids is 1. The number of aryl methyl sites for hydroxylation is 2. The zero-order valence-corrected chi connectivity index (χ0v) is 10.4. The van der Waals surface area contributed by atoms with Gasteiger partial charge in [0.25, 0.3) is 0 Å². The molecule has 0 spiro atoms. The molecule has 0 aliphatic carbocycles. The van der Waals surface area contributed by atoms with E-state index in [1.165, 1.54) is 12.1 Å². The summed E-state index contributed by atoms with van der Waals surface area (Å²) in [7, 11) is 0. The van der Waals surface area contributed by atoms with Crippen molar-refractivity contribution in [3.05, 3.63) is 64.7 Å². The van der Waals surface area contributed by atoms with Gasteiger partial charge in [0.15, 0.2) is 5.78 Å². The number of rotatable bonds is 3. The van der Waals surface area contributed by atoms with Crippen LogP contribution in [0.5, 0.6) is 0 Å². The zero-order valence-electron chi connectivity index (χ0n) is 10.4. The monoisotopic (exact) mass is 243 g/mol. The van der Waals surface area contributed by atoms with Crippen LogP contribution in [0.2, 0.25) is 0 Å². The van der Waals surface area contributed by atoms with Crippen LogP contribution in [0.15, 0.2) is 36.5 Å². The molecule has 0 unspecified atom stereocenters. The van der Waals surface area contributed by atoms with Crippen molar-refractivity contribution in [2.24, 2.45) is 0 Å². The highest BCUT2D eigenvalue weighted by Gasteiger charge is 2.10. The lowest BCUT2D eigenvalue weighted by atomic mass is 9.99. The van der Waals surface area contributed by atoms with Crippen molar-refractivity contribution in [3.8, 4) is 0 Å². The second-order valence-electron chi connectivity index (χ2n) is 4.36. The summed E-state index contributed by atoms with van der Waals surface area (Å²) in [6, 6.07) is 7.94. The van der Waals surface area contributed by atoms with Gasteiger partial charge in [-0.3, -0.25) is 9.78 Å². The van der Waals surface area contributed by atoms with E-state index in [1.54, 1.807) is 24.4 Å². The van der Waals surface area contributed by atoms with Crippen LogP contribution in [0.3, 0.4) is 0 Å². The van der Waals surface area contributed by atoms with Gasteiger partial charge in [0.1, 0.15) is 5.82 Å². The minimum Gasteiger partial charge on any atom is -0.294 e. The van der Waals surface area contributed by atoms with Gasteiger partial charge in [-0.05, 0) is 49.2 Å². The predicted octanol–water partition coefficient (Wildman–Crippen LogP) is 3.26. The molecule has 1 aromatic carbocycles. The molecular weight excluding hydrogens is 229 g/mol. The minimum absolute atomic E-state index is 0.0193. The van der Waals surface area contributed by atoms with Crippen molar-refractivity contribution < 1.29 is 9.18 Å². The Morgan fingerprint density at radius 2 is 2.00 bits per heavy atom. The number of benzene rings is 1. The van der Waals surface area contributed by atoms with Gasteiger partial charge in [-0.15, -0.1) is 0 Å². The third-order valence-electron chi connectivity index (χ3n) is 2.88. The van der Waals surface area contributed by atoms with Crippen molar-refractivity contribution in [2.45, 2.75) is 20.3 Å². The van der Waals surface area contributed by atoms with Crippen LogP contribution in [-0.2, 0) is 6.42 Å². The summed E-state index contributed by atoms with van der Waals surface area (Å²) in [4.78, 5) is 16.1. The molecule has 92 valence electrons. The first-order valence-electron chi connectivity index (χ1n) is 5.77. The Morgan fingerprint density at radius 1 is 1.22 bits per heavy atom. The number of nitrogens with zero attached hydrogens (tertiary/aromatic N) is 1. The smallest absolute Gasteiger partial charge is 0.167 e. The lowest BCUT2D eigenvalue weighted by Gasteiger charge is -2.06. The van der Waals surface area contributed by atoms with Crippen molar-refractivity contribution in [3.63, 3.8) is 0 Å². The Labute approximate surface area is 105 Å². The first-order valence-corrected chi connectivity index (χ1v) is 5.77. The molecule has 0 atom stereocenters. The number of hydrogen-bond acceptors (Lipinski definition) is 2. The molecule has 0 saturated heterocycles. The fourth-order valence-electron chi connectivity index (χ4n) is 1.82. The van der Waals surface area contributed by atoms with E-state index in [1.807, 2.05) is 13.8 Å². The second kappa shape index (κ2) is 5.08. The molecular formula is C15H14FNO. The lowest BCUT2D eigenvalue weighted by Crippen LogP contribution is -2.06. The van der Waals surface area contributed by atoms with Gasteiger partial charge < -0.3 is 0 Å². The van der Waals surface area contributed by atoms with Crippen molar-refractivity contribution in [1.29, 1.82) is 0 Å². The van der Waals surface area contributed by atoms with E-state index in [2.05, 4.69) is 4.98 Å².